The van der Waals surface area contributed by atoms with Gasteiger partial charge in [-0.25, -0.2) is 0 Å². The molecule has 0 aliphatic heterocycles. The van der Waals surface area contributed by atoms with Crippen LogP contribution in [0.15, 0.2) is 12.2 Å². The Balaban J connectivity index is 4.27. The van der Waals surface area contributed by atoms with E-state index in [1.807, 2.05) is 0 Å². The van der Waals surface area contributed by atoms with Gasteiger partial charge >= 0.3 is 0 Å². The molecule has 0 aliphatic rings. The van der Waals surface area contributed by atoms with Crippen LogP contribution in [0.5, 0.6) is 0 Å². The van der Waals surface area contributed by atoms with E-state index in [9.17, 15) is 0 Å². The Hall–Kier alpha value is -0.340. The van der Waals surface area contributed by atoms with E-state index >= 15 is 0 Å². The maximum Gasteiger partial charge on any atom is 0.0617 e. The first-order chi connectivity index (χ1) is 8.04. The quantitative estimate of drug-likeness (QED) is 0.447. The Morgan fingerprint density at radius 2 is 1.71 bits per heavy atom. The highest BCUT2D eigenvalue weighted by Crippen LogP contribution is 2.14. The van der Waals surface area contributed by atoms with Crippen molar-refractivity contribution in [2.24, 2.45) is 0 Å². The van der Waals surface area contributed by atoms with Crippen LogP contribution in [0.4, 0.5) is 0 Å². The highest BCUT2D eigenvalue weighted by Gasteiger charge is 2.20. The van der Waals surface area contributed by atoms with Gasteiger partial charge in [-0.2, -0.15) is 0 Å². The number of unbranched alkanes of at least 4 members (excludes halogenated alkanes) is 1. The normalized spacial score (nSPS) is 16.0. The topological polar surface area (TPSA) is 6.48 Å². The molecule has 2 heteroatoms. The molecule has 0 amide bonds. The van der Waals surface area contributed by atoms with Crippen LogP contribution in [0, 0.1) is 0 Å². The molecule has 2 nitrogen and oxygen atoms in total. The van der Waals surface area contributed by atoms with Crippen LogP contribution in [0.25, 0.3) is 0 Å². The number of hydrogen-bond acceptors (Lipinski definition) is 2. The number of hydrogen-bond donors (Lipinski definition) is 0. The predicted molar refractivity (Wildman–Crippen MR) is 78.3 cm³/mol. The molecule has 0 saturated heterocycles. The second kappa shape index (κ2) is 9.67. The van der Waals surface area contributed by atoms with Gasteiger partial charge in [0.05, 0.1) is 6.17 Å². The van der Waals surface area contributed by atoms with Gasteiger partial charge in [0.15, 0.2) is 0 Å². The molecule has 0 saturated carbocycles. The lowest BCUT2D eigenvalue weighted by Crippen LogP contribution is -2.46. The Morgan fingerprint density at radius 3 is 2.18 bits per heavy atom. The summed E-state index contributed by atoms with van der Waals surface area (Å²) in [7, 11) is 6.63. The van der Waals surface area contributed by atoms with Crippen molar-refractivity contribution in [2.75, 3.05) is 21.1 Å². The highest BCUT2D eigenvalue weighted by atomic mass is 15.3. The standard InChI is InChI=1S/C15H32N2/c1-7-9-11-12-14(3)17(6)15(16(4)5)13-10-8-2/h9,11,14-15H,7-8,10,12-13H2,1-6H3. The summed E-state index contributed by atoms with van der Waals surface area (Å²) in [5.74, 6) is 0. The smallest absolute Gasteiger partial charge is 0.0617 e. The lowest BCUT2D eigenvalue weighted by Gasteiger charge is -2.37. The first-order valence-electron chi connectivity index (χ1n) is 7.07. The molecular weight excluding hydrogens is 208 g/mol. The molecule has 0 radical (unpaired) electrons. The van der Waals surface area contributed by atoms with Crippen molar-refractivity contribution in [2.45, 2.75) is 65.1 Å². The van der Waals surface area contributed by atoms with Crippen molar-refractivity contribution in [3.8, 4) is 0 Å². The lowest BCUT2D eigenvalue weighted by atomic mass is 10.1. The van der Waals surface area contributed by atoms with E-state index in [4.69, 9.17) is 0 Å². The lowest BCUT2D eigenvalue weighted by molar-refractivity contribution is 0.0637. The molecule has 0 N–H and O–H groups in total. The summed E-state index contributed by atoms with van der Waals surface area (Å²) < 4.78 is 0. The van der Waals surface area contributed by atoms with Crippen molar-refractivity contribution >= 4 is 0 Å². The van der Waals surface area contributed by atoms with Crippen LogP contribution < -0.4 is 0 Å². The fraction of sp³-hybridized carbons (Fsp3) is 0.867. The van der Waals surface area contributed by atoms with Gasteiger partial charge < -0.3 is 0 Å². The maximum atomic E-state index is 2.51. The van der Waals surface area contributed by atoms with Gasteiger partial charge in [0.25, 0.3) is 0 Å². The van der Waals surface area contributed by atoms with Gasteiger partial charge in [-0.1, -0.05) is 38.8 Å². The van der Waals surface area contributed by atoms with Crippen molar-refractivity contribution in [3.05, 3.63) is 12.2 Å². The summed E-state index contributed by atoms with van der Waals surface area (Å²) in [5.41, 5.74) is 0. The number of rotatable bonds is 9. The SMILES string of the molecule is CCC=CCC(C)N(C)C(CCCC)N(C)C. The molecule has 0 aromatic carbocycles. The molecule has 0 fully saturated rings. The first kappa shape index (κ1) is 16.7. The maximum absolute atomic E-state index is 2.51. The van der Waals surface area contributed by atoms with Crippen LogP contribution in [-0.2, 0) is 0 Å². The summed E-state index contributed by atoms with van der Waals surface area (Å²) in [4.78, 5) is 4.85. The van der Waals surface area contributed by atoms with Crippen molar-refractivity contribution in [3.63, 3.8) is 0 Å². The first-order valence-corrected chi connectivity index (χ1v) is 7.07. The van der Waals surface area contributed by atoms with E-state index in [1.165, 1.54) is 19.3 Å². The summed E-state index contributed by atoms with van der Waals surface area (Å²) in [5, 5.41) is 0. The molecule has 2 atom stereocenters. The molecule has 0 aromatic rings. The van der Waals surface area contributed by atoms with Gasteiger partial charge in [-0.3, -0.25) is 9.80 Å². The van der Waals surface area contributed by atoms with Crippen LogP contribution in [0.2, 0.25) is 0 Å². The van der Waals surface area contributed by atoms with Crippen LogP contribution in [0.3, 0.4) is 0 Å². The molecule has 0 aromatic heterocycles. The van der Waals surface area contributed by atoms with Gasteiger partial charge in [0.2, 0.25) is 0 Å². The van der Waals surface area contributed by atoms with E-state index in [0.717, 1.165) is 12.8 Å². The van der Waals surface area contributed by atoms with Crippen molar-refractivity contribution in [1.29, 1.82) is 0 Å². The molecule has 0 bridgehead atoms. The molecule has 0 heterocycles. The molecule has 0 spiro atoms. The Kier molecular flexibility index (Phi) is 9.47. The van der Waals surface area contributed by atoms with E-state index in [1.54, 1.807) is 0 Å². The van der Waals surface area contributed by atoms with E-state index in [2.05, 4.69) is 63.9 Å². The van der Waals surface area contributed by atoms with Crippen LogP contribution in [0.1, 0.15) is 52.9 Å². The average Bonchev–Trinajstić information content (AvgIpc) is 2.29. The van der Waals surface area contributed by atoms with E-state index in [-0.39, 0.29) is 0 Å². The third-order valence-electron chi connectivity index (χ3n) is 3.46. The summed E-state index contributed by atoms with van der Waals surface area (Å²) in [6.07, 6.45) is 11.3. The van der Waals surface area contributed by atoms with Crippen LogP contribution in [-0.4, -0.2) is 43.2 Å². The summed E-state index contributed by atoms with van der Waals surface area (Å²) in [6, 6.07) is 0.613. The molecular formula is C15H32N2. The third-order valence-corrected chi connectivity index (χ3v) is 3.46. The minimum atomic E-state index is 0.569. The average molecular weight is 240 g/mol. The number of allylic oxidation sites excluding steroid dienone is 1. The Bertz CT molecular complexity index is 199. The third kappa shape index (κ3) is 6.85. The zero-order valence-electron chi connectivity index (χ0n) is 12.7. The van der Waals surface area contributed by atoms with Crippen LogP contribution >= 0.6 is 0 Å². The monoisotopic (exact) mass is 240 g/mol. The largest absolute Gasteiger partial charge is 0.294 e. The van der Waals surface area contributed by atoms with Gasteiger partial charge in [-0.15, -0.1) is 0 Å². The molecule has 0 aliphatic carbocycles. The zero-order valence-corrected chi connectivity index (χ0v) is 12.7. The molecule has 17 heavy (non-hydrogen) atoms. The summed E-state index contributed by atoms with van der Waals surface area (Å²) >= 11 is 0. The van der Waals surface area contributed by atoms with Gasteiger partial charge in [0.1, 0.15) is 0 Å². The Labute approximate surface area is 109 Å². The Morgan fingerprint density at radius 1 is 1.06 bits per heavy atom. The van der Waals surface area contributed by atoms with Crippen molar-refractivity contribution in [1.82, 2.24) is 9.80 Å². The highest BCUT2D eigenvalue weighted by molar-refractivity contribution is 4.85. The minimum Gasteiger partial charge on any atom is -0.294 e. The molecule has 0 rings (SSSR count). The number of nitrogens with zero attached hydrogens (tertiary/aromatic N) is 2. The molecule has 2 unspecified atom stereocenters. The fourth-order valence-electron chi connectivity index (χ4n) is 2.13. The second-order valence-electron chi connectivity index (χ2n) is 5.22. The van der Waals surface area contributed by atoms with Crippen molar-refractivity contribution < 1.29 is 0 Å². The van der Waals surface area contributed by atoms with E-state index < -0.39 is 0 Å². The molecule has 102 valence electrons. The fourth-order valence-corrected chi connectivity index (χ4v) is 2.13. The second-order valence-corrected chi connectivity index (χ2v) is 5.22. The van der Waals surface area contributed by atoms with E-state index in [0.29, 0.717) is 12.2 Å². The predicted octanol–water partition coefficient (Wildman–Crippen LogP) is 3.74. The zero-order chi connectivity index (χ0) is 13.3. The minimum absolute atomic E-state index is 0.569. The van der Waals surface area contributed by atoms with Gasteiger partial charge in [-0.05, 0) is 47.3 Å². The van der Waals surface area contributed by atoms with Gasteiger partial charge in [0, 0.05) is 6.04 Å². The summed E-state index contributed by atoms with van der Waals surface area (Å²) in [6.45, 7) is 6.78.